The Morgan fingerprint density at radius 3 is 2.23 bits per heavy atom. The highest BCUT2D eigenvalue weighted by molar-refractivity contribution is 7.16. The third kappa shape index (κ3) is 3.96. The molecule has 0 fully saturated rings. The molecule has 0 spiro atoms. The van der Waals surface area contributed by atoms with Crippen LogP contribution < -0.4 is 4.74 Å². The highest BCUT2D eigenvalue weighted by atomic mass is 32.1. The van der Waals surface area contributed by atoms with E-state index in [1.165, 1.54) is 39.2 Å². The van der Waals surface area contributed by atoms with Gasteiger partial charge in [0.2, 0.25) is 4.74 Å². The Balaban J connectivity index is 1.41. The molecule has 1 aromatic heterocycles. The molecule has 1 aliphatic carbocycles. The maximum absolute atomic E-state index is 13.3. The van der Waals surface area contributed by atoms with Crippen LogP contribution in [0.4, 0.5) is 0 Å². The number of aromatic hydroxyl groups is 1. The number of rotatable bonds is 3. The van der Waals surface area contributed by atoms with Gasteiger partial charge < -0.3 is 5.11 Å². The quantitative estimate of drug-likeness (QED) is 0.290. The van der Waals surface area contributed by atoms with Crippen molar-refractivity contribution in [1.29, 1.82) is 0 Å². The normalized spacial score (nSPS) is 17.3. The van der Waals surface area contributed by atoms with E-state index in [9.17, 15) is 9.90 Å². The highest BCUT2D eigenvalue weighted by Gasteiger charge is 2.32. The predicted octanol–water partition coefficient (Wildman–Crippen LogP) is 7.80. The van der Waals surface area contributed by atoms with Crippen molar-refractivity contribution in [1.82, 2.24) is 0 Å². The van der Waals surface area contributed by atoms with E-state index in [0.29, 0.717) is 5.56 Å². The van der Waals surface area contributed by atoms with E-state index in [4.69, 9.17) is 0 Å². The first kappa shape index (κ1) is 21.8. The lowest BCUT2D eigenvalue weighted by atomic mass is 9.72. The van der Waals surface area contributed by atoms with E-state index in [-0.39, 0.29) is 22.3 Å². The molecule has 1 aliphatic rings. The predicted molar refractivity (Wildman–Crippen MR) is 146 cm³/mol. The molecular formula is C32H26O2S. The zero-order valence-electron chi connectivity index (χ0n) is 19.6. The van der Waals surface area contributed by atoms with E-state index in [1.807, 2.05) is 30.3 Å². The summed E-state index contributed by atoms with van der Waals surface area (Å²) in [6.45, 7) is 2.10. The molecule has 3 heteroatoms. The third-order valence-electron chi connectivity index (χ3n) is 7.35. The Morgan fingerprint density at radius 2 is 1.46 bits per heavy atom. The largest absolute Gasteiger partial charge is 0.507 e. The van der Waals surface area contributed by atoms with Crippen LogP contribution in [0.1, 0.15) is 46.1 Å². The van der Waals surface area contributed by atoms with Gasteiger partial charge >= 0.3 is 0 Å². The van der Waals surface area contributed by atoms with E-state index in [0.717, 1.165) is 28.5 Å². The van der Waals surface area contributed by atoms with Crippen LogP contribution in [-0.2, 0) is 6.42 Å². The lowest BCUT2D eigenvalue weighted by Crippen LogP contribution is -2.22. The Morgan fingerprint density at radius 1 is 0.800 bits per heavy atom. The van der Waals surface area contributed by atoms with Crippen molar-refractivity contribution in [3.63, 3.8) is 0 Å². The van der Waals surface area contributed by atoms with Crippen LogP contribution >= 0.6 is 11.3 Å². The minimum absolute atomic E-state index is 0.0450. The van der Waals surface area contributed by atoms with Crippen molar-refractivity contribution in [2.24, 2.45) is 0 Å². The lowest BCUT2D eigenvalue weighted by Gasteiger charge is -2.32. The van der Waals surface area contributed by atoms with Crippen molar-refractivity contribution in [3.05, 3.63) is 134 Å². The molecule has 1 N–H and O–H groups in total. The van der Waals surface area contributed by atoms with Gasteiger partial charge in [-0.2, -0.15) is 0 Å². The van der Waals surface area contributed by atoms with E-state index in [1.54, 1.807) is 0 Å². The van der Waals surface area contributed by atoms with Crippen LogP contribution in [0.15, 0.2) is 102 Å². The molecule has 35 heavy (non-hydrogen) atoms. The fourth-order valence-electron chi connectivity index (χ4n) is 5.50. The monoisotopic (exact) mass is 474 g/mol. The standard InChI is InChI=1S/C32H26O2S/c1-20-10-12-21(13-11-20)22-14-16-23(17-15-22)25-18-24-6-2-3-7-26(24)28(19-25)30-31(33)27-8-4-5-9-29(27)35-32(30)34/h2-17,25,28,33H,18-19H2,1H3. The van der Waals surface area contributed by atoms with Gasteiger partial charge in [-0.3, -0.25) is 4.79 Å². The minimum atomic E-state index is -0.130. The first-order chi connectivity index (χ1) is 17.1. The summed E-state index contributed by atoms with van der Waals surface area (Å²) in [5.74, 6) is 0.284. The molecule has 0 bridgehead atoms. The maximum atomic E-state index is 13.3. The van der Waals surface area contributed by atoms with Gasteiger partial charge in [-0.05, 0) is 65.6 Å². The summed E-state index contributed by atoms with van der Waals surface area (Å²) in [7, 11) is 0. The minimum Gasteiger partial charge on any atom is -0.507 e. The first-order valence-electron chi connectivity index (χ1n) is 12.1. The molecule has 0 amide bonds. The van der Waals surface area contributed by atoms with Crippen LogP contribution in [0.2, 0.25) is 0 Å². The lowest BCUT2D eigenvalue weighted by molar-refractivity contribution is 0.458. The number of fused-ring (bicyclic) bond motifs is 2. The Hall–Kier alpha value is -3.69. The molecule has 0 radical (unpaired) electrons. The molecule has 4 aromatic carbocycles. The van der Waals surface area contributed by atoms with Crippen molar-refractivity contribution < 1.29 is 5.11 Å². The molecule has 2 unspecified atom stereocenters. The Labute approximate surface area is 209 Å². The Bertz CT molecular complexity index is 1580. The second-order valence-electron chi connectivity index (χ2n) is 9.52. The number of hydrogen-bond acceptors (Lipinski definition) is 3. The molecule has 1 heterocycles. The fraction of sp³-hybridized carbons (Fsp3) is 0.156. The molecule has 6 rings (SSSR count). The van der Waals surface area contributed by atoms with Crippen molar-refractivity contribution in [2.45, 2.75) is 31.6 Å². The molecule has 172 valence electrons. The van der Waals surface area contributed by atoms with Gasteiger partial charge in [-0.15, -0.1) is 0 Å². The molecule has 0 saturated heterocycles. The van der Waals surface area contributed by atoms with Crippen molar-refractivity contribution in [3.8, 4) is 16.9 Å². The van der Waals surface area contributed by atoms with Crippen molar-refractivity contribution >= 4 is 21.4 Å². The number of aryl methyl sites for hydroxylation is 1. The van der Waals surface area contributed by atoms with Crippen LogP contribution in [0.3, 0.4) is 0 Å². The van der Waals surface area contributed by atoms with Gasteiger partial charge in [0.25, 0.3) is 0 Å². The van der Waals surface area contributed by atoms with E-state index < -0.39 is 0 Å². The maximum Gasteiger partial charge on any atom is 0.240 e. The van der Waals surface area contributed by atoms with E-state index >= 15 is 0 Å². The van der Waals surface area contributed by atoms with Crippen LogP contribution in [0, 0.1) is 6.92 Å². The summed E-state index contributed by atoms with van der Waals surface area (Å²) in [4.78, 5) is 13.3. The molecule has 0 aliphatic heterocycles. The first-order valence-corrected chi connectivity index (χ1v) is 12.9. The molecule has 2 nitrogen and oxygen atoms in total. The topological polar surface area (TPSA) is 37.3 Å². The van der Waals surface area contributed by atoms with Gasteiger partial charge in [0, 0.05) is 16.0 Å². The van der Waals surface area contributed by atoms with E-state index in [2.05, 4.69) is 73.7 Å². The number of hydrogen-bond donors (Lipinski definition) is 1. The van der Waals surface area contributed by atoms with Gasteiger partial charge in [0.1, 0.15) is 5.75 Å². The SMILES string of the molecule is Cc1ccc(-c2ccc(C3Cc4ccccc4C(c4c(O)c5ccccc5sc4=O)C3)cc2)cc1. The fourth-order valence-corrected chi connectivity index (χ4v) is 6.47. The smallest absolute Gasteiger partial charge is 0.240 e. The van der Waals surface area contributed by atoms with Crippen LogP contribution in [-0.4, -0.2) is 5.11 Å². The zero-order valence-corrected chi connectivity index (χ0v) is 20.4. The van der Waals surface area contributed by atoms with Gasteiger partial charge in [0.05, 0.1) is 5.56 Å². The van der Waals surface area contributed by atoms with Crippen molar-refractivity contribution in [2.75, 3.05) is 0 Å². The summed E-state index contributed by atoms with van der Waals surface area (Å²) in [5, 5.41) is 12.0. The molecule has 5 aromatic rings. The molecule has 0 saturated carbocycles. The summed E-state index contributed by atoms with van der Waals surface area (Å²) >= 11 is 1.23. The highest BCUT2D eigenvalue weighted by Crippen LogP contribution is 2.46. The average molecular weight is 475 g/mol. The summed E-state index contributed by atoms with van der Waals surface area (Å²) in [5.41, 5.74) is 7.92. The molecular weight excluding hydrogens is 448 g/mol. The summed E-state index contributed by atoms with van der Waals surface area (Å²) in [6.07, 6.45) is 1.73. The number of benzene rings is 4. The average Bonchev–Trinajstić information content (AvgIpc) is 2.89. The third-order valence-corrected chi connectivity index (χ3v) is 8.33. The summed E-state index contributed by atoms with van der Waals surface area (Å²) in [6, 6.07) is 33.5. The Kier molecular flexibility index (Phi) is 5.50. The second kappa shape index (κ2) is 8.83. The van der Waals surface area contributed by atoms with Crippen LogP contribution in [0.5, 0.6) is 5.75 Å². The van der Waals surface area contributed by atoms with Crippen LogP contribution in [0.25, 0.3) is 21.2 Å². The van der Waals surface area contributed by atoms with Gasteiger partial charge in [-0.1, -0.05) is 102 Å². The van der Waals surface area contributed by atoms with Gasteiger partial charge in [-0.25, -0.2) is 0 Å². The summed E-state index contributed by atoms with van der Waals surface area (Å²) < 4.78 is 0.780. The zero-order chi connectivity index (χ0) is 23.9. The van der Waals surface area contributed by atoms with Gasteiger partial charge in [0.15, 0.2) is 0 Å². The second-order valence-corrected chi connectivity index (χ2v) is 10.5. The molecule has 2 atom stereocenters.